The molecule has 1 N–H and O–H groups in total. The van der Waals surface area contributed by atoms with E-state index in [0.29, 0.717) is 6.54 Å². The van der Waals surface area contributed by atoms with E-state index in [2.05, 4.69) is 21.9 Å². The Kier molecular flexibility index (Phi) is 4.27. The third-order valence-electron chi connectivity index (χ3n) is 4.91. The van der Waals surface area contributed by atoms with Crippen LogP contribution in [0.4, 0.5) is 0 Å². The molecule has 0 bridgehead atoms. The van der Waals surface area contributed by atoms with Crippen LogP contribution in [0.2, 0.25) is 0 Å². The van der Waals surface area contributed by atoms with Crippen molar-refractivity contribution in [3.8, 4) is 0 Å². The molecule has 1 atom stereocenters. The van der Waals surface area contributed by atoms with Crippen molar-refractivity contribution in [1.82, 2.24) is 9.80 Å². The zero-order valence-electron chi connectivity index (χ0n) is 12.5. The van der Waals surface area contributed by atoms with Crippen LogP contribution in [0.5, 0.6) is 0 Å². The van der Waals surface area contributed by atoms with Gasteiger partial charge in [-0.1, -0.05) is 30.3 Å². The van der Waals surface area contributed by atoms with Crippen molar-refractivity contribution in [2.24, 2.45) is 0 Å². The van der Waals surface area contributed by atoms with E-state index in [4.69, 9.17) is 0 Å². The molecule has 4 heteroatoms. The van der Waals surface area contributed by atoms with E-state index in [9.17, 15) is 9.90 Å². The van der Waals surface area contributed by atoms with Gasteiger partial charge in [-0.25, -0.2) is 0 Å². The first kappa shape index (κ1) is 14.5. The molecule has 1 aromatic carbocycles. The van der Waals surface area contributed by atoms with Gasteiger partial charge >= 0.3 is 5.97 Å². The van der Waals surface area contributed by atoms with Gasteiger partial charge in [-0.05, 0) is 50.9 Å². The van der Waals surface area contributed by atoms with Crippen LogP contribution in [0.1, 0.15) is 31.2 Å². The number of hydrogen-bond donors (Lipinski definition) is 1. The molecule has 0 saturated carbocycles. The first-order chi connectivity index (χ1) is 10.2. The molecule has 3 rings (SSSR count). The summed E-state index contributed by atoms with van der Waals surface area (Å²) in [6.07, 6.45) is 4.02. The maximum absolute atomic E-state index is 12.0. The Morgan fingerprint density at radius 3 is 2.48 bits per heavy atom. The third kappa shape index (κ3) is 2.97. The van der Waals surface area contributed by atoms with Crippen LogP contribution in [-0.4, -0.2) is 52.6 Å². The van der Waals surface area contributed by atoms with Gasteiger partial charge in [0.2, 0.25) is 0 Å². The molecule has 2 saturated heterocycles. The normalized spacial score (nSPS) is 27.8. The van der Waals surface area contributed by atoms with Gasteiger partial charge in [0, 0.05) is 13.1 Å². The van der Waals surface area contributed by atoms with Crippen molar-refractivity contribution in [3.63, 3.8) is 0 Å². The number of carbonyl (C=O) groups is 1. The van der Waals surface area contributed by atoms with Crippen molar-refractivity contribution in [1.29, 1.82) is 0 Å². The van der Waals surface area contributed by atoms with Gasteiger partial charge in [-0.15, -0.1) is 0 Å². The highest BCUT2D eigenvalue weighted by atomic mass is 16.4. The van der Waals surface area contributed by atoms with Gasteiger partial charge in [0.05, 0.1) is 0 Å². The summed E-state index contributed by atoms with van der Waals surface area (Å²) in [7, 11) is 0. The van der Waals surface area contributed by atoms with Crippen LogP contribution in [0, 0.1) is 0 Å². The lowest BCUT2D eigenvalue weighted by Gasteiger charge is -2.45. The first-order valence-corrected chi connectivity index (χ1v) is 7.95. The van der Waals surface area contributed by atoms with Gasteiger partial charge in [-0.2, -0.15) is 0 Å². The fourth-order valence-electron chi connectivity index (χ4n) is 3.81. The van der Waals surface area contributed by atoms with Crippen molar-refractivity contribution in [2.75, 3.05) is 26.2 Å². The number of likely N-dealkylation sites (tertiary alicyclic amines) is 2. The summed E-state index contributed by atoms with van der Waals surface area (Å²) in [5.74, 6) is -0.637. The molecule has 21 heavy (non-hydrogen) atoms. The molecule has 0 radical (unpaired) electrons. The number of carboxylic acid groups (broad SMARTS) is 1. The summed E-state index contributed by atoms with van der Waals surface area (Å²) in [4.78, 5) is 16.5. The highest BCUT2D eigenvalue weighted by molar-refractivity contribution is 5.79. The third-order valence-corrected chi connectivity index (χ3v) is 4.91. The number of piperidine rings is 1. The summed E-state index contributed by atoms with van der Waals surface area (Å²) in [5, 5.41) is 9.86. The number of rotatable bonds is 4. The standard InChI is InChI=1S/C17H24N2O2/c20-16(21)17(19-11-4-5-12-19)9-6-10-18(14-17)13-15-7-2-1-3-8-15/h1-3,7-8H,4-6,9-14H2,(H,20,21). The summed E-state index contributed by atoms with van der Waals surface area (Å²) in [5.41, 5.74) is 0.601. The minimum absolute atomic E-state index is 0.637. The second-order valence-electron chi connectivity index (χ2n) is 6.33. The van der Waals surface area contributed by atoms with E-state index in [-0.39, 0.29) is 0 Å². The molecule has 0 amide bonds. The molecule has 114 valence electrons. The van der Waals surface area contributed by atoms with Crippen LogP contribution in [0.25, 0.3) is 0 Å². The topological polar surface area (TPSA) is 43.8 Å². The fraction of sp³-hybridized carbons (Fsp3) is 0.588. The SMILES string of the molecule is O=C(O)C1(N2CCCC2)CCCN(Cc2ccccc2)C1. The van der Waals surface area contributed by atoms with E-state index in [0.717, 1.165) is 51.9 Å². The number of nitrogens with zero attached hydrogens (tertiary/aromatic N) is 2. The molecule has 1 aromatic rings. The molecular formula is C17H24N2O2. The lowest BCUT2D eigenvalue weighted by molar-refractivity contribution is -0.155. The maximum Gasteiger partial charge on any atom is 0.325 e. The second kappa shape index (κ2) is 6.16. The van der Waals surface area contributed by atoms with Gasteiger partial charge in [0.1, 0.15) is 5.54 Å². The van der Waals surface area contributed by atoms with Crippen LogP contribution >= 0.6 is 0 Å². The molecule has 0 spiro atoms. The Labute approximate surface area is 126 Å². The lowest BCUT2D eigenvalue weighted by atomic mass is 9.87. The average molecular weight is 288 g/mol. The zero-order chi connectivity index (χ0) is 14.7. The molecule has 0 aliphatic carbocycles. The lowest BCUT2D eigenvalue weighted by Crippen LogP contribution is -2.62. The molecule has 4 nitrogen and oxygen atoms in total. The Bertz CT molecular complexity index is 485. The van der Waals surface area contributed by atoms with Gasteiger partial charge in [0.25, 0.3) is 0 Å². The Hall–Kier alpha value is -1.39. The molecular weight excluding hydrogens is 264 g/mol. The van der Waals surface area contributed by atoms with Gasteiger partial charge < -0.3 is 5.11 Å². The van der Waals surface area contributed by atoms with E-state index in [1.807, 2.05) is 18.2 Å². The van der Waals surface area contributed by atoms with Crippen molar-refractivity contribution in [2.45, 2.75) is 37.8 Å². The predicted octanol–water partition coefficient (Wildman–Crippen LogP) is 2.20. The van der Waals surface area contributed by atoms with Crippen LogP contribution in [-0.2, 0) is 11.3 Å². The van der Waals surface area contributed by atoms with Crippen molar-refractivity contribution < 1.29 is 9.90 Å². The number of aliphatic carboxylic acids is 1. The van der Waals surface area contributed by atoms with E-state index in [1.165, 1.54) is 5.56 Å². The highest BCUT2D eigenvalue weighted by Crippen LogP contribution is 2.31. The molecule has 2 heterocycles. The highest BCUT2D eigenvalue weighted by Gasteiger charge is 2.47. The van der Waals surface area contributed by atoms with E-state index < -0.39 is 11.5 Å². The summed E-state index contributed by atoms with van der Waals surface area (Å²) >= 11 is 0. The molecule has 2 aliphatic heterocycles. The van der Waals surface area contributed by atoms with Crippen LogP contribution < -0.4 is 0 Å². The van der Waals surface area contributed by atoms with Crippen LogP contribution in [0.3, 0.4) is 0 Å². The summed E-state index contributed by atoms with van der Waals surface area (Å²) < 4.78 is 0. The minimum Gasteiger partial charge on any atom is -0.480 e. The zero-order valence-corrected chi connectivity index (χ0v) is 12.5. The largest absolute Gasteiger partial charge is 0.480 e. The smallest absolute Gasteiger partial charge is 0.325 e. The summed E-state index contributed by atoms with van der Waals surface area (Å²) in [6.45, 7) is 4.37. The number of benzene rings is 1. The number of carboxylic acids is 1. The molecule has 1 unspecified atom stereocenters. The Morgan fingerprint density at radius 1 is 1.10 bits per heavy atom. The molecule has 2 fully saturated rings. The monoisotopic (exact) mass is 288 g/mol. The second-order valence-corrected chi connectivity index (χ2v) is 6.33. The minimum atomic E-state index is -0.663. The van der Waals surface area contributed by atoms with Gasteiger partial charge in [-0.3, -0.25) is 14.6 Å². The average Bonchev–Trinajstić information content (AvgIpc) is 3.03. The quantitative estimate of drug-likeness (QED) is 0.922. The van der Waals surface area contributed by atoms with E-state index >= 15 is 0 Å². The van der Waals surface area contributed by atoms with E-state index in [1.54, 1.807) is 0 Å². The van der Waals surface area contributed by atoms with Crippen LogP contribution in [0.15, 0.2) is 30.3 Å². The predicted molar refractivity (Wildman–Crippen MR) is 82.1 cm³/mol. The van der Waals surface area contributed by atoms with Crippen molar-refractivity contribution in [3.05, 3.63) is 35.9 Å². The molecule has 0 aromatic heterocycles. The van der Waals surface area contributed by atoms with Crippen molar-refractivity contribution >= 4 is 5.97 Å². The summed E-state index contributed by atoms with van der Waals surface area (Å²) in [6, 6.07) is 10.3. The Morgan fingerprint density at radius 2 is 1.81 bits per heavy atom. The Balaban J connectivity index is 1.75. The number of hydrogen-bond acceptors (Lipinski definition) is 3. The van der Waals surface area contributed by atoms with Gasteiger partial charge in [0.15, 0.2) is 0 Å². The maximum atomic E-state index is 12.0. The fourth-order valence-corrected chi connectivity index (χ4v) is 3.81. The molecule has 2 aliphatic rings. The first-order valence-electron chi connectivity index (χ1n) is 7.95.